The molecule has 0 spiro atoms. The highest BCUT2D eigenvalue weighted by Crippen LogP contribution is 2.29. The molecule has 250 valence electrons. The molecule has 0 saturated carbocycles. The third-order valence-corrected chi connectivity index (χ3v) is 8.11. The summed E-state index contributed by atoms with van der Waals surface area (Å²) in [5.41, 5.74) is 0. The minimum Gasteiger partial charge on any atom is -0.394 e. The Kier molecular flexibility index (Phi) is 19.8. The minimum atomic E-state index is -1.71. The van der Waals surface area contributed by atoms with E-state index in [1.807, 2.05) is 0 Å². The normalized spacial score (nSPS) is 33.7. The van der Waals surface area contributed by atoms with Crippen molar-refractivity contribution in [2.24, 2.45) is 0 Å². The Bertz CT molecular complexity index is 654. The van der Waals surface area contributed by atoms with Gasteiger partial charge >= 0.3 is 0 Å². The van der Waals surface area contributed by atoms with Gasteiger partial charge in [0.2, 0.25) is 0 Å². The van der Waals surface area contributed by atoms with E-state index in [1.165, 1.54) is 77.0 Å². The van der Waals surface area contributed by atoms with Gasteiger partial charge in [-0.2, -0.15) is 0 Å². The van der Waals surface area contributed by atoms with E-state index in [9.17, 15) is 35.7 Å². The van der Waals surface area contributed by atoms with Gasteiger partial charge in [0, 0.05) is 6.61 Å². The predicted octanol–water partition coefficient (Wildman–Crippen LogP) is 1.13. The van der Waals surface area contributed by atoms with Crippen LogP contribution in [0.15, 0.2) is 0 Å². The number of rotatable bonds is 23. The van der Waals surface area contributed by atoms with Gasteiger partial charge in [-0.15, -0.1) is 0 Å². The lowest BCUT2D eigenvalue weighted by atomic mass is 9.97. The molecule has 12 nitrogen and oxygen atoms in total. The van der Waals surface area contributed by atoms with Gasteiger partial charge in [0.15, 0.2) is 12.6 Å². The van der Waals surface area contributed by atoms with Crippen molar-refractivity contribution in [2.45, 2.75) is 158 Å². The molecule has 0 aliphatic carbocycles. The van der Waals surface area contributed by atoms with Gasteiger partial charge in [0.05, 0.1) is 26.4 Å². The second-order valence-corrected chi connectivity index (χ2v) is 11.6. The Morgan fingerprint density at radius 3 is 1.55 bits per heavy atom. The standard InChI is InChI=1S/C30H58O12/c1-2-3-4-5-6-7-8-9-10-11-12-13-14-15-16-38-17-18-39-29-27(37)25(35)28(22(20-32)41-29)42-30-26(36)24(34)23(33)21(19-31)40-30/h21-37H,2-20H2,1H3/t21-,22-,23+,24+,25-,26-,27-,28-,29+,30+/m1/s1. The first-order valence-electron chi connectivity index (χ1n) is 16.1. The van der Waals surface area contributed by atoms with Gasteiger partial charge in [-0.25, -0.2) is 0 Å². The van der Waals surface area contributed by atoms with Gasteiger partial charge in [-0.1, -0.05) is 90.4 Å². The fourth-order valence-electron chi connectivity index (χ4n) is 5.42. The van der Waals surface area contributed by atoms with Crippen molar-refractivity contribution in [2.75, 3.05) is 33.0 Å². The van der Waals surface area contributed by atoms with Gasteiger partial charge < -0.3 is 59.4 Å². The van der Waals surface area contributed by atoms with Crippen molar-refractivity contribution in [1.29, 1.82) is 0 Å². The minimum absolute atomic E-state index is 0.101. The molecule has 2 saturated heterocycles. The summed E-state index contributed by atoms with van der Waals surface area (Å²) in [6, 6.07) is 0. The van der Waals surface area contributed by atoms with Gasteiger partial charge in [0.1, 0.15) is 48.8 Å². The number of ether oxygens (including phenoxy) is 5. The Labute approximate surface area is 250 Å². The second-order valence-electron chi connectivity index (χ2n) is 11.6. The lowest BCUT2D eigenvalue weighted by Gasteiger charge is -2.45. The zero-order chi connectivity index (χ0) is 30.7. The number of hydrogen-bond donors (Lipinski definition) is 7. The van der Waals surface area contributed by atoms with Crippen LogP contribution in [-0.2, 0) is 23.7 Å². The molecule has 0 aromatic rings. The molecule has 42 heavy (non-hydrogen) atoms. The molecule has 0 unspecified atom stereocenters. The summed E-state index contributed by atoms with van der Waals surface area (Å²) in [6.07, 6.45) is 3.41. The number of aliphatic hydroxyl groups excluding tert-OH is 7. The molecule has 2 aliphatic heterocycles. The zero-order valence-electron chi connectivity index (χ0n) is 25.4. The van der Waals surface area contributed by atoms with Crippen LogP contribution in [0.5, 0.6) is 0 Å². The van der Waals surface area contributed by atoms with E-state index in [0.717, 1.165) is 12.8 Å². The van der Waals surface area contributed by atoms with E-state index < -0.39 is 74.6 Å². The largest absolute Gasteiger partial charge is 0.394 e. The molecule has 10 atom stereocenters. The van der Waals surface area contributed by atoms with Crippen LogP contribution in [0.4, 0.5) is 0 Å². The van der Waals surface area contributed by atoms with Crippen molar-refractivity contribution in [3.8, 4) is 0 Å². The first-order valence-corrected chi connectivity index (χ1v) is 16.1. The number of unbranched alkanes of at least 4 members (excludes halogenated alkanes) is 13. The first kappa shape index (κ1) is 37.7. The van der Waals surface area contributed by atoms with E-state index in [2.05, 4.69) is 6.92 Å². The maximum Gasteiger partial charge on any atom is 0.187 e. The van der Waals surface area contributed by atoms with Crippen LogP contribution >= 0.6 is 0 Å². The van der Waals surface area contributed by atoms with Crippen LogP contribution in [0, 0.1) is 0 Å². The number of hydrogen-bond acceptors (Lipinski definition) is 12. The predicted molar refractivity (Wildman–Crippen MR) is 153 cm³/mol. The molecule has 2 fully saturated rings. The summed E-state index contributed by atoms with van der Waals surface area (Å²) in [7, 11) is 0. The van der Waals surface area contributed by atoms with E-state index >= 15 is 0 Å². The van der Waals surface area contributed by atoms with Crippen LogP contribution in [0.25, 0.3) is 0 Å². The highest BCUT2D eigenvalue weighted by atomic mass is 16.7. The zero-order valence-corrected chi connectivity index (χ0v) is 25.4. The van der Waals surface area contributed by atoms with Crippen LogP contribution in [0.2, 0.25) is 0 Å². The highest BCUT2D eigenvalue weighted by molar-refractivity contribution is 4.94. The Hall–Kier alpha value is -0.480. The Balaban J connectivity index is 1.54. The molecule has 0 amide bonds. The summed E-state index contributed by atoms with van der Waals surface area (Å²) >= 11 is 0. The molecular weight excluding hydrogens is 552 g/mol. The average Bonchev–Trinajstić information content (AvgIpc) is 2.99. The van der Waals surface area contributed by atoms with Gasteiger partial charge in [0.25, 0.3) is 0 Å². The monoisotopic (exact) mass is 610 g/mol. The van der Waals surface area contributed by atoms with Crippen molar-refractivity contribution in [1.82, 2.24) is 0 Å². The summed E-state index contributed by atoms with van der Waals surface area (Å²) in [5, 5.41) is 70.4. The summed E-state index contributed by atoms with van der Waals surface area (Å²) in [6.45, 7) is 1.96. The maximum absolute atomic E-state index is 10.6. The van der Waals surface area contributed by atoms with Crippen molar-refractivity contribution < 1.29 is 59.4 Å². The average molecular weight is 611 g/mol. The molecule has 2 heterocycles. The third kappa shape index (κ3) is 12.9. The van der Waals surface area contributed by atoms with E-state index in [4.69, 9.17) is 23.7 Å². The molecule has 7 N–H and O–H groups in total. The fourth-order valence-corrected chi connectivity index (χ4v) is 5.42. The SMILES string of the molecule is CCCCCCCCCCCCCCCCOCCO[C@H]1O[C@H](CO)[C@@H](O[C@@H]2O[C@H](CO)[C@H](O)[C@H](O)[C@H]2O)[C@H](O)[C@H]1O. The molecule has 0 bridgehead atoms. The molecule has 2 rings (SSSR count). The molecule has 0 radical (unpaired) electrons. The fraction of sp³-hybridized carbons (Fsp3) is 1.00. The lowest BCUT2D eigenvalue weighted by Crippen LogP contribution is -2.64. The Morgan fingerprint density at radius 2 is 1.00 bits per heavy atom. The van der Waals surface area contributed by atoms with Crippen LogP contribution in [-0.4, -0.2) is 130 Å². The van der Waals surface area contributed by atoms with Gasteiger partial charge in [-0.05, 0) is 6.42 Å². The van der Waals surface area contributed by atoms with Crippen LogP contribution in [0.3, 0.4) is 0 Å². The van der Waals surface area contributed by atoms with Crippen molar-refractivity contribution >= 4 is 0 Å². The third-order valence-electron chi connectivity index (χ3n) is 8.11. The lowest BCUT2D eigenvalue weighted by molar-refractivity contribution is -0.359. The van der Waals surface area contributed by atoms with E-state index in [1.54, 1.807) is 0 Å². The second kappa shape index (κ2) is 22.1. The molecule has 0 aromatic carbocycles. The topological polar surface area (TPSA) is 188 Å². The summed E-state index contributed by atoms with van der Waals surface area (Å²) in [4.78, 5) is 0. The Morgan fingerprint density at radius 1 is 0.500 bits per heavy atom. The van der Waals surface area contributed by atoms with E-state index in [-0.39, 0.29) is 13.2 Å². The molecule has 0 aromatic heterocycles. The smallest absolute Gasteiger partial charge is 0.187 e. The first-order chi connectivity index (χ1) is 20.3. The quantitative estimate of drug-likeness (QED) is 0.0819. The molecular formula is C30H58O12. The van der Waals surface area contributed by atoms with Gasteiger partial charge in [-0.3, -0.25) is 0 Å². The summed E-state index contributed by atoms with van der Waals surface area (Å²) < 4.78 is 27.6. The maximum atomic E-state index is 10.6. The summed E-state index contributed by atoms with van der Waals surface area (Å²) in [5.74, 6) is 0. The van der Waals surface area contributed by atoms with Crippen molar-refractivity contribution in [3.63, 3.8) is 0 Å². The molecule has 12 heteroatoms. The van der Waals surface area contributed by atoms with E-state index in [0.29, 0.717) is 6.61 Å². The highest BCUT2D eigenvalue weighted by Gasteiger charge is 2.50. The van der Waals surface area contributed by atoms with Crippen LogP contribution in [0.1, 0.15) is 96.8 Å². The van der Waals surface area contributed by atoms with Crippen LogP contribution < -0.4 is 0 Å². The van der Waals surface area contributed by atoms with Crippen molar-refractivity contribution in [3.05, 3.63) is 0 Å². The number of aliphatic hydroxyl groups is 7. The molecule has 2 aliphatic rings.